The third kappa shape index (κ3) is 4.75. The largest absolute Gasteiger partial charge is 0.334 e. The van der Waals surface area contributed by atoms with Crippen LogP contribution in [0.1, 0.15) is 35.7 Å². The molecule has 1 N–H and O–H groups in total. The lowest BCUT2D eigenvalue weighted by molar-refractivity contribution is 0.0692. The van der Waals surface area contributed by atoms with Gasteiger partial charge in [-0.05, 0) is 31.0 Å². The van der Waals surface area contributed by atoms with E-state index in [2.05, 4.69) is 17.3 Å². The van der Waals surface area contributed by atoms with Gasteiger partial charge in [0, 0.05) is 30.4 Å². The van der Waals surface area contributed by atoms with E-state index in [0.717, 1.165) is 38.0 Å². The van der Waals surface area contributed by atoms with Crippen molar-refractivity contribution in [3.63, 3.8) is 0 Å². The molecular weight excluding hydrogens is 359 g/mol. The number of hydrogen-bond donors (Lipinski definition) is 1. The van der Waals surface area contributed by atoms with Crippen molar-refractivity contribution in [2.24, 2.45) is 0 Å². The Labute approximate surface area is 159 Å². The first-order valence-corrected chi connectivity index (χ1v) is 8.84. The molecule has 2 heterocycles. The van der Waals surface area contributed by atoms with Crippen molar-refractivity contribution in [3.05, 3.63) is 52.8 Å². The van der Waals surface area contributed by atoms with Gasteiger partial charge in [-0.25, -0.2) is 0 Å². The van der Waals surface area contributed by atoms with Crippen molar-refractivity contribution in [2.75, 3.05) is 19.6 Å². The van der Waals surface area contributed by atoms with Gasteiger partial charge < -0.3 is 10.2 Å². The minimum absolute atomic E-state index is 0. The molecule has 2 aromatic rings. The second kappa shape index (κ2) is 9.22. The lowest BCUT2D eigenvalue weighted by atomic mass is 10.1. The number of halogens is 2. The molecule has 0 saturated carbocycles. The zero-order valence-corrected chi connectivity index (χ0v) is 15.9. The molecule has 1 aliphatic heterocycles. The Bertz CT molecular complexity index is 698. The van der Waals surface area contributed by atoms with Crippen LogP contribution in [0.4, 0.5) is 0 Å². The van der Waals surface area contributed by atoms with Crippen molar-refractivity contribution >= 4 is 29.9 Å². The predicted octanol–water partition coefficient (Wildman–Crippen LogP) is 3.22. The molecule has 1 aliphatic rings. The zero-order chi connectivity index (χ0) is 16.9. The highest BCUT2D eigenvalue weighted by molar-refractivity contribution is 6.31. The molecule has 1 fully saturated rings. The van der Waals surface area contributed by atoms with Crippen LogP contribution in [0.2, 0.25) is 5.02 Å². The van der Waals surface area contributed by atoms with Gasteiger partial charge in [-0.15, -0.1) is 12.4 Å². The van der Waals surface area contributed by atoms with Crippen molar-refractivity contribution in [1.82, 2.24) is 20.0 Å². The Morgan fingerprint density at radius 3 is 2.92 bits per heavy atom. The molecule has 0 spiro atoms. The van der Waals surface area contributed by atoms with Crippen molar-refractivity contribution < 1.29 is 4.79 Å². The summed E-state index contributed by atoms with van der Waals surface area (Å²) in [6, 6.07) is 7.97. The molecule has 3 rings (SSSR count). The number of nitrogens with zero attached hydrogens (tertiary/aromatic N) is 3. The fourth-order valence-electron chi connectivity index (χ4n) is 3.12. The van der Waals surface area contributed by atoms with Crippen LogP contribution in [-0.4, -0.2) is 46.3 Å². The molecule has 136 valence electrons. The first-order valence-electron chi connectivity index (χ1n) is 8.46. The number of aromatic nitrogens is 2. The lowest BCUT2D eigenvalue weighted by Gasteiger charge is -2.27. The van der Waals surface area contributed by atoms with Crippen molar-refractivity contribution in [3.8, 4) is 0 Å². The van der Waals surface area contributed by atoms with E-state index in [-0.39, 0.29) is 24.4 Å². The maximum Gasteiger partial charge on any atom is 0.257 e. The summed E-state index contributed by atoms with van der Waals surface area (Å²) in [6.07, 6.45) is 5.44. The van der Waals surface area contributed by atoms with Crippen molar-refractivity contribution in [1.29, 1.82) is 0 Å². The van der Waals surface area contributed by atoms with E-state index in [1.54, 1.807) is 10.9 Å². The Hall–Kier alpha value is -1.56. The van der Waals surface area contributed by atoms with Gasteiger partial charge in [0.2, 0.25) is 0 Å². The number of carbonyl (C=O) groups is 1. The molecule has 25 heavy (non-hydrogen) atoms. The lowest BCUT2D eigenvalue weighted by Crippen LogP contribution is -2.42. The van der Waals surface area contributed by atoms with E-state index >= 15 is 0 Å². The van der Waals surface area contributed by atoms with Crippen LogP contribution < -0.4 is 5.32 Å². The summed E-state index contributed by atoms with van der Waals surface area (Å²) in [6.45, 7) is 5.29. The van der Waals surface area contributed by atoms with Gasteiger partial charge in [-0.1, -0.05) is 36.7 Å². The SMILES string of the molecule is CCCN(C(=O)c1cnn(Cc2ccccc2Cl)c1)C1CCNC1.Cl. The normalized spacial score (nSPS) is 16.5. The van der Waals surface area contributed by atoms with Gasteiger partial charge in [0.05, 0.1) is 18.3 Å². The number of carbonyl (C=O) groups excluding carboxylic acids is 1. The molecule has 1 aromatic heterocycles. The van der Waals surface area contributed by atoms with Crippen LogP contribution in [0, 0.1) is 0 Å². The predicted molar refractivity (Wildman–Crippen MR) is 103 cm³/mol. The van der Waals surface area contributed by atoms with Crippen LogP contribution in [0.5, 0.6) is 0 Å². The summed E-state index contributed by atoms with van der Waals surface area (Å²) in [4.78, 5) is 14.9. The van der Waals surface area contributed by atoms with Gasteiger partial charge in [-0.3, -0.25) is 9.48 Å². The number of amides is 1. The second-order valence-electron chi connectivity index (χ2n) is 6.16. The Morgan fingerprint density at radius 2 is 2.24 bits per heavy atom. The Kier molecular flexibility index (Phi) is 7.29. The Morgan fingerprint density at radius 1 is 1.44 bits per heavy atom. The molecule has 1 atom stereocenters. The quantitative estimate of drug-likeness (QED) is 0.834. The molecule has 0 radical (unpaired) electrons. The molecule has 1 unspecified atom stereocenters. The minimum atomic E-state index is 0. The van der Waals surface area contributed by atoms with Crippen LogP contribution in [-0.2, 0) is 6.54 Å². The highest BCUT2D eigenvalue weighted by Gasteiger charge is 2.27. The second-order valence-corrected chi connectivity index (χ2v) is 6.57. The topological polar surface area (TPSA) is 50.2 Å². The molecule has 1 amide bonds. The smallest absolute Gasteiger partial charge is 0.257 e. The highest BCUT2D eigenvalue weighted by Crippen LogP contribution is 2.17. The summed E-state index contributed by atoms with van der Waals surface area (Å²) < 4.78 is 1.77. The van der Waals surface area contributed by atoms with E-state index < -0.39 is 0 Å². The minimum Gasteiger partial charge on any atom is -0.334 e. The van der Waals surface area contributed by atoms with Crippen LogP contribution in [0.15, 0.2) is 36.7 Å². The van der Waals surface area contributed by atoms with Gasteiger partial charge in [0.1, 0.15) is 0 Å². The number of benzene rings is 1. The monoisotopic (exact) mass is 382 g/mol. The van der Waals surface area contributed by atoms with Gasteiger partial charge >= 0.3 is 0 Å². The molecule has 0 bridgehead atoms. The molecule has 0 aliphatic carbocycles. The van der Waals surface area contributed by atoms with E-state index in [1.807, 2.05) is 35.4 Å². The average molecular weight is 383 g/mol. The van der Waals surface area contributed by atoms with E-state index in [9.17, 15) is 4.79 Å². The standard InChI is InChI=1S/C18H23ClN4O.ClH/c1-2-9-23(16-7-8-20-11-16)18(24)15-10-21-22(13-15)12-14-5-3-4-6-17(14)19;/h3-6,10,13,16,20H,2,7-9,11-12H2,1H3;1H. The highest BCUT2D eigenvalue weighted by atomic mass is 35.5. The van der Waals surface area contributed by atoms with E-state index in [1.165, 1.54) is 0 Å². The molecule has 1 saturated heterocycles. The van der Waals surface area contributed by atoms with Gasteiger partial charge in [0.25, 0.3) is 5.91 Å². The summed E-state index contributed by atoms with van der Waals surface area (Å²) >= 11 is 6.20. The third-order valence-electron chi connectivity index (χ3n) is 4.37. The Balaban J connectivity index is 0.00000225. The molecule has 1 aromatic carbocycles. The van der Waals surface area contributed by atoms with Gasteiger partial charge in [-0.2, -0.15) is 5.10 Å². The zero-order valence-electron chi connectivity index (χ0n) is 14.3. The van der Waals surface area contributed by atoms with Crippen LogP contribution >= 0.6 is 24.0 Å². The van der Waals surface area contributed by atoms with Gasteiger partial charge in [0.15, 0.2) is 0 Å². The molecular formula is C18H24Cl2N4O. The molecule has 5 nitrogen and oxygen atoms in total. The average Bonchev–Trinajstić information content (AvgIpc) is 3.26. The summed E-state index contributed by atoms with van der Waals surface area (Å²) in [7, 11) is 0. The van der Waals surface area contributed by atoms with Crippen molar-refractivity contribution in [2.45, 2.75) is 32.4 Å². The molecule has 7 heteroatoms. The maximum atomic E-state index is 12.9. The van der Waals surface area contributed by atoms with E-state index in [0.29, 0.717) is 17.1 Å². The number of rotatable bonds is 6. The van der Waals surface area contributed by atoms with Crippen LogP contribution in [0.25, 0.3) is 0 Å². The summed E-state index contributed by atoms with van der Waals surface area (Å²) in [5, 5.41) is 8.38. The third-order valence-corrected chi connectivity index (χ3v) is 4.74. The first kappa shape index (κ1) is 19.8. The first-order chi connectivity index (χ1) is 11.7. The van der Waals surface area contributed by atoms with Crippen LogP contribution in [0.3, 0.4) is 0 Å². The number of hydrogen-bond acceptors (Lipinski definition) is 3. The van der Waals surface area contributed by atoms with E-state index in [4.69, 9.17) is 11.6 Å². The fourth-order valence-corrected chi connectivity index (χ4v) is 3.32. The number of nitrogens with one attached hydrogen (secondary N) is 1. The summed E-state index contributed by atoms with van der Waals surface area (Å²) in [5.74, 6) is 0.0657. The fraction of sp³-hybridized carbons (Fsp3) is 0.444. The summed E-state index contributed by atoms with van der Waals surface area (Å²) in [5.41, 5.74) is 1.63. The maximum absolute atomic E-state index is 12.9.